The number of benzene rings is 1. The Balaban J connectivity index is 1.59. The summed E-state index contributed by atoms with van der Waals surface area (Å²) in [7, 11) is 2.10. The number of amides is 1. The molecule has 5 heteroatoms. The topological polar surface area (TPSA) is 36.4 Å². The predicted octanol–water partition coefficient (Wildman–Crippen LogP) is 2.88. The zero-order valence-electron chi connectivity index (χ0n) is 12.1. The smallest absolute Gasteiger partial charge is 0.253 e. The van der Waals surface area contributed by atoms with E-state index in [2.05, 4.69) is 16.9 Å². The minimum Gasteiger partial charge on any atom is -0.348 e. The van der Waals surface area contributed by atoms with Gasteiger partial charge >= 0.3 is 0 Å². The molecule has 1 aromatic heterocycles. The summed E-state index contributed by atoms with van der Waals surface area (Å²) in [6, 6.07) is 10.0. The number of anilines is 1. The van der Waals surface area contributed by atoms with Crippen LogP contribution in [0.15, 0.2) is 41.9 Å². The number of carbonyl (C=O) groups is 1. The van der Waals surface area contributed by atoms with E-state index in [1.54, 1.807) is 11.3 Å². The Morgan fingerprint density at radius 1 is 1.29 bits per heavy atom. The molecule has 1 fully saturated rings. The van der Waals surface area contributed by atoms with Gasteiger partial charge in [-0.05, 0) is 25.0 Å². The minimum absolute atomic E-state index is 0.144. The SMILES string of the molecule is CN(c1nccs1)C1CCN(C(=O)c2ccccc2)CC1. The van der Waals surface area contributed by atoms with Gasteiger partial charge in [0.15, 0.2) is 5.13 Å². The second-order valence-electron chi connectivity index (χ2n) is 5.31. The Hall–Kier alpha value is -1.88. The highest BCUT2D eigenvalue weighted by Crippen LogP contribution is 2.24. The third-order valence-electron chi connectivity index (χ3n) is 4.04. The van der Waals surface area contributed by atoms with Crippen molar-refractivity contribution in [1.29, 1.82) is 0 Å². The maximum Gasteiger partial charge on any atom is 0.253 e. The summed E-state index contributed by atoms with van der Waals surface area (Å²) in [5.41, 5.74) is 0.782. The van der Waals surface area contributed by atoms with Crippen molar-refractivity contribution in [3.8, 4) is 0 Å². The first-order valence-corrected chi connectivity index (χ1v) is 8.10. The van der Waals surface area contributed by atoms with Crippen LogP contribution in [0.2, 0.25) is 0 Å². The van der Waals surface area contributed by atoms with Crippen molar-refractivity contribution in [2.24, 2.45) is 0 Å². The monoisotopic (exact) mass is 301 g/mol. The van der Waals surface area contributed by atoms with E-state index in [-0.39, 0.29) is 5.91 Å². The number of piperidine rings is 1. The van der Waals surface area contributed by atoms with Crippen LogP contribution in [0.3, 0.4) is 0 Å². The molecule has 1 aromatic carbocycles. The number of carbonyl (C=O) groups excluding carboxylic acids is 1. The van der Waals surface area contributed by atoms with Crippen molar-refractivity contribution < 1.29 is 4.79 Å². The van der Waals surface area contributed by atoms with E-state index in [0.717, 1.165) is 36.6 Å². The van der Waals surface area contributed by atoms with Crippen LogP contribution in [-0.4, -0.2) is 42.0 Å². The highest BCUT2D eigenvalue weighted by Gasteiger charge is 2.26. The van der Waals surface area contributed by atoms with Crippen molar-refractivity contribution in [2.75, 3.05) is 25.0 Å². The van der Waals surface area contributed by atoms with E-state index in [9.17, 15) is 4.79 Å². The molecule has 3 rings (SSSR count). The van der Waals surface area contributed by atoms with Crippen molar-refractivity contribution in [2.45, 2.75) is 18.9 Å². The van der Waals surface area contributed by atoms with Crippen LogP contribution in [-0.2, 0) is 0 Å². The summed E-state index contributed by atoms with van der Waals surface area (Å²) in [6.45, 7) is 1.63. The molecule has 4 nitrogen and oxygen atoms in total. The lowest BCUT2D eigenvalue weighted by Gasteiger charge is -2.36. The molecule has 110 valence electrons. The van der Waals surface area contributed by atoms with E-state index in [1.165, 1.54) is 0 Å². The highest BCUT2D eigenvalue weighted by molar-refractivity contribution is 7.13. The zero-order chi connectivity index (χ0) is 14.7. The number of nitrogens with zero attached hydrogens (tertiary/aromatic N) is 3. The second-order valence-corrected chi connectivity index (χ2v) is 6.19. The van der Waals surface area contributed by atoms with Gasteiger partial charge in [-0.25, -0.2) is 4.98 Å². The molecule has 0 atom stereocenters. The third kappa shape index (κ3) is 3.08. The van der Waals surface area contributed by atoms with Gasteiger partial charge in [-0.3, -0.25) is 4.79 Å². The van der Waals surface area contributed by atoms with Gasteiger partial charge in [0.2, 0.25) is 0 Å². The minimum atomic E-state index is 0.144. The van der Waals surface area contributed by atoms with Crippen molar-refractivity contribution >= 4 is 22.4 Å². The lowest BCUT2D eigenvalue weighted by molar-refractivity contribution is 0.0713. The maximum atomic E-state index is 12.4. The Morgan fingerprint density at radius 3 is 2.62 bits per heavy atom. The molecule has 1 amide bonds. The van der Waals surface area contributed by atoms with Crippen LogP contribution in [0.1, 0.15) is 23.2 Å². The van der Waals surface area contributed by atoms with Gasteiger partial charge in [-0.2, -0.15) is 0 Å². The second kappa shape index (κ2) is 6.26. The van der Waals surface area contributed by atoms with E-state index < -0.39 is 0 Å². The van der Waals surface area contributed by atoms with Gasteiger partial charge in [0.25, 0.3) is 5.91 Å². The van der Waals surface area contributed by atoms with Gasteiger partial charge in [0, 0.05) is 43.3 Å². The van der Waals surface area contributed by atoms with Crippen LogP contribution in [0, 0.1) is 0 Å². The molecule has 0 aliphatic carbocycles. The normalized spacial score (nSPS) is 16.0. The van der Waals surface area contributed by atoms with E-state index in [1.807, 2.05) is 46.8 Å². The summed E-state index contributed by atoms with van der Waals surface area (Å²) in [5, 5.41) is 3.06. The average Bonchev–Trinajstić information content (AvgIpc) is 3.09. The lowest BCUT2D eigenvalue weighted by Crippen LogP contribution is -2.45. The van der Waals surface area contributed by atoms with Crippen LogP contribution in [0.5, 0.6) is 0 Å². The van der Waals surface area contributed by atoms with Gasteiger partial charge in [-0.1, -0.05) is 18.2 Å². The van der Waals surface area contributed by atoms with Gasteiger partial charge in [0.1, 0.15) is 0 Å². The summed E-state index contributed by atoms with van der Waals surface area (Å²) in [6.07, 6.45) is 3.83. The molecule has 1 aliphatic rings. The van der Waals surface area contributed by atoms with Crippen LogP contribution in [0.4, 0.5) is 5.13 Å². The first-order chi connectivity index (χ1) is 10.3. The Bertz CT molecular complexity index is 577. The summed E-state index contributed by atoms with van der Waals surface area (Å²) < 4.78 is 0. The van der Waals surface area contributed by atoms with E-state index >= 15 is 0 Å². The van der Waals surface area contributed by atoms with Crippen LogP contribution in [0.25, 0.3) is 0 Å². The maximum absolute atomic E-state index is 12.4. The quantitative estimate of drug-likeness (QED) is 0.874. The van der Waals surface area contributed by atoms with Gasteiger partial charge in [0.05, 0.1) is 0 Å². The molecular formula is C16H19N3OS. The van der Waals surface area contributed by atoms with E-state index in [0.29, 0.717) is 6.04 Å². The standard InChI is InChI=1S/C16H19N3OS/c1-18(16-17-9-12-21-16)14-7-10-19(11-8-14)15(20)13-5-3-2-4-6-13/h2-6,9,12,14H,7-8,10-11H2,1H3. The molecule has 21 heavy (non-hydrogen) atoms. The first kappa shape index (κ1) is 14.1. The third-order valence-corrected chi connectivity index (χ3v) is 4.90. The fourth-order valence-corrected chi connectivity index (χ4v) is 3.45. The number of hydrogen-bond donors (Lipinski definition) is 0. The Kier molecular flexibility index (Phi) is 4.20. The fraction of sp³-hybridized carbons (Fsp3) is 0.375. The summed E-state index contributed by atoms with van der Waals surface area (Å²) in [5.74, 6) is 0.144. The van der Waals surface area contributed by atoms with E-state index in [4.69, 9.17) is 0 Å². The summed E-state index contributed by atoms with van der Waals surface area (Å²) in [4.78, 5) is 21.0. The largest absolute Gasteiger partial charge is 0.348 e. The molecule has 1 saturated heterocycles. The van der Waals surface area contributed by atoms with Gasteiger partial charge < -0.3 is 9.80 Å². The molecule has 0 spiro atoms. The molecule has 0 saturated carbocycles. The van der Waals surface area contributed by atoms with Crippen molar-refractivity contribution in [1.82, 2.24) is 9.88 Å². The molecule has 0 N–H and O–H groups in total. The zero-order valence-corrected chi connectivity index (χ0v) is 12.9. The number of aromatic nitrogens is 1. The number of hydrogen-bond acceptors (Lipinski definition) is 4. The fourth-order valence-electron chi connectivity index (χ4n) is 2.77. The highest BCUT2D eigenvalue weighted by atomic mass is 32.1. The molecule has 2 heterocycles. The van der Waals surface area contributed by atoms with Crippen LogP contribution >= 0.6 is 11.3 Å². The van der Waals surface area contributed by atoms with Crippen molar-refractivity contribution in [3.63, 3.8) is 0 Å². The Morgan fingerprint density at radius 2 is 2.00 bits per heavy atom. The predicted molar refractivity (Wildman–Crippen MR) is 85.9 cm³/mol. The number of likely N-dealkylation sites (tertiary alicyclic amines) is 1. The lowest BCUT2D eigenvalue weighted by atomic mass is 10.0. The van der Waals surface area contributed by atoms with Crippen molar-refractivity contribution in [3.05, 3.63) is 47.5 Å². The number of thiazole rings is 1. The molecule has 0 unspecified atom stereocenters. The molecule has 0 bridgehead atoms. The Labute approximate surface area is 129 Å². The molecular weight excluding hydrogens is 282 g/mol. The molecule has 2 aromatic rings. The number of rotatable bonds is 3. The summed E-state index contributed by atoms with van der Waals surface area (Å²) >= 11 is 1.66. The first-order valence-electron chi connectivity index (χ1n) is 7.22. The van der Waals surface area contributed by atoms with Crippen LogP contribution < -0.4 is 4.90 Å². The molecule has 1 aliphatic heterocycles. The van der Waals surface area contributed by atoms with Gasteiger partial charge in [-0.15, -0.1) is 11.3 Å². The average molecular weight is 301 g/mol. The molecule has 0 radical (unpaired) electrons.